The van der Waals surface area contributed by atoms with E-state index >= 15 is 0 Å². The Balaban J connectivity index is 2.53. The van der Waals surface area contributed by atoms with Crippen LogP contribution in [0.15, 0.2) is 12.3 Å². The van der Waals surface area contributed by atoms with Crippen molar-refractivity contribution >= 4 is 11.4 Å². The zero-order valence-corrected chi connectivity index (χ0v) is 7.25. The summed E-state index contributed by atoms with van der Waals surface area (Å²) in [7, 11) is 2.07. The normalized spacial score (nSPS) is 15.9. The van der Waals surface area contributed by atoms with Gasteiger partial charge in [-0.15, -0.1) is 0 Å². The number of nitrogens with zero attached hydrogens (tertiary/aromatic N) is 2. The Labute approximate surface area is 72.2 Å². The standard InChI is InChI=1S/C9H13N3/c1-12-6-2-3-8-9(12)7(10)4-5-11-8/h4-5H,2-3,6H2,1H3,(H2,10,11). The first-order valence-corrected chi connectivity index (χ1v) is 4.23. The van der Waals surface area contributed by atoms with E-state index in [0.29, 0.717) is 0 Å². The highest BCUT2D eigenvalue weighted by atomic mass is 15.1. The van der Waals surface area contributed by atoms with E-state index in [0.717, 1.165) is 30.0 Å². The van der Waals surface area contributed by atoms with Gasteiger partial charge in [-0.1, -0.05) is 0 Å². The molecule has 0 radical (unpaired) electrons. The maximum absolute atomic E-state index is 5.85. The van der Waals surface area contributed by atoms with Crippen LogP contribution in [0.3, 0.4) is 0 Å². The lowest BCUT2D eigenvalue weighted by Gasteiger charge is -2.27. The summed E-state index contributed by atoms with van der Waals surface area (Å²) < 4.78 is 0. The van der Waals surface area contributed by atoms with Gasteiger partial charge < -0.3 is 10.6 Å². The lowest BCUT2D eigenvalue weighted by atomic mass is 10.1. The molecule has 0 spiro atoms. The van der Waals surface area contributed by atoms with Crippen molar-refractivity contribution in [3.05, 3.63) is 18.0 Å². The first-order chi connectivity index (χ1) is 5.79. The van der Waals surface area contributed by atoms with Gasteiger partial charge in [-0.05, 0) is 18.9 Å². The topological polar surface area (TPSA) is 42.2 Å². The minimum absolute atomic E-state index is 0.849. The van der Waals surface area contributed by atoms with Crippen LogP contribution in [0.4, 0.5) is 11.4 Å². The molecule has 0 fully saturated rings. The van der Waals surface area contributed by atoms with Crippen molar-refractivity contribution in [3.63, 3.8) is 0 Å². The van der Waals surface area contributed by atoms with E-state index in [-0.39, 0.29) is 0 Å². The van der Waals surface area contributed by atoms with Crippen LogP contribution in [0.2, 0.25) is 0 Å². The molecule has 0 atom stereocenters. The van der Waals surface area contributed by atoms with Crippen molar-refractivity contribution in [1.29, 1.82) is 0 Å². The van der Waals surface area contributed by atoms with Gasteiger partial charge in [-0.2, -0.15) is 0 Å². The Morgan fingerprint density at radius 1 is 1.58 bits per heavy atom. The lowest BCUT2D eigenvalue weighted by Crippen LogP contribution is -2.26. The zero-order chi connectivity index (χ0) is 8.55. The number of rotatable bonds is 0. The van der Waals surface area contributed by atoms with E-state index in [4.69, 9.17) is 5.73 Å². The third-order valence-electron chi connectivity index (χ3n) is 2.32. The zero-order valence-electron chi connectivity index (χ0n) is 7.25. The first kappa shape index (κ1) is 7.40. The third kappa shape index (κ3) is 1.02. The van der Waals surface area contributed by atoms with Crippen molar-refractivity contribution in [2.75, 3.05) is 24.2 Å². The molecule has 0 saturated heterocycles. The summed E-state index contributed by atoms with van der Waals surface area (Å²) in [6.07, 6.45) is 4.03. The van der Waals surface area contributed by atoms with Gasteiger partial charge in [0, 0.05) is 19.8 Å². The Morgan fingerprint density at radius 3 is 3.17 bits per heavy atom. The summed E-state index contributed by atoms with van der Waals surface area (Å²) in [6.45, 7) is 1.09. The molecular weight excluding hydrogens is 150 g/mol. The van der Waals surface area contributed by atoms with Gasteiger partial charge in [0.2, 0.25) is 0 Å². The van der Waals surface area contributed by atoms with Crippen LogP contribution in [-0.4, -0.2) is 18.6 Å². The largest absolute Gasteiger partial charge is 0.397 e. The molecule has 3 heteroatoms. The van der Waals surface area contributed by atoms with Gasteiger partial charge in [-0.3, -0.25) is 4.98 Å². The van der Waals surface area contributed by atoms with Crippen molar-refractivity contribution in [1.82, 2.24) is 4.98 Å². The Morgan fingerprint density at radius 2 is 2.42 bits per heavy atom. The fourth-order valence-corrected chi connectivity index (χ4v) is 1.73. The second kappa shape index (κ2) is 2.66. The number of anilines is 2. The van der Waals surface area contributed by atoms with Gasteiger partial charge in [0.15, 0.2) is 0 Å². The van der Waals surface area contributed by atoms with Crippen molar-refractivity contribution in [3.8, 4) is 0 Å². The van der Waals surface area contributed by atoms with E-state index in [1.165, 1.54) is 6.42 Å². The number of aryl methyl sites for hydroxylation is 1. The number of pyridine rings is 1. The highest BCUT2D eigenvalue weighted by molar-refractivity contribution is 5.70. The summed E-state index contributed by atoms with van der Waals surface area (Å²) >= 11 is 0. The van der Waals surface area contributed by atoms with Crippen LogP contribution in [0.5, 0.6) is 0 Å². The Bertz CT molecular complexity index is 296. The number of hydrogen-bond donors (Lipinski definition) is 1. The fourth-order valence-electron chi connectivity index (χ4n) is 1.73. The van der Waals surface area contributed by atoms with Crippen LogP contribution in [-0.2, 0) is 6.42 Å². The number of fused-ring (bicyclic) bond motifs is 1. The average molecular weight is 163 g/mol. The molecule has 1 aliphatic rings. The Hall–Kier alpha value is -1.25. The van der Waals surface area contributed by atoms with Crippen molar-refractivity contribution in [2.24, 2.45) is 0 Å². The molecule has 3 nitrogen and oxygen atoms in total. The minimum atomic E-state index is 0.849. The van der Waals surface area contributed by atoms with Crippen LogP contribution in [0, 0.1) is 0 Å². The van der Waals surface area contributed by atoms with Crippen molar-refractivity contribution in [2.45, 2.75) is 12.8 Å². The Kier molecular flexibility index (Phi) is 1.64. The summed E-state index contributed by atoms with van der Waals surface area (Å²) in [4.78, 5) is 6.49. The van der Waals surface area contributed by atoms with Crippen LogP contribution in [0.1, 0.15) is 12.1 Å². The van der Waals surface area contributed by atoms with Gasteiger partial charge in [-0.25, -0.2) is 0 Å². The first-order valence-electron chi connectivity index (χ1n) is 4.23. The van der Waals surface area contributed by atoms with Crippen LogP contribution < -0.4 is 10.6 Å². The van der Waals surface area contributed by atoms with Gasteiger partial charge in [0.25, 0.3) is 0 Å². The predicted molar refractivity (Wildman–Crippen MR) is 50.2 cm³/mol. The molecule has 0 aliphatic carbocycles. The maximum Gasteiger partial charge on any atom is 0.0816 e. The van der Waals surface area contributed by atoms with E-state index in [1.807, 2.05) is 6.07 Å². The molecule has 0 bridgehead atoms. The van der Waals surface area contributed by atoms with E-state index in [1.54, 1.807) is 6.20 Å². The molecule has 64 valence electrons. The quantitative estimate of drug-likeness (QED) is 0.621. The molecule has 1 aromatic rings. The van der Waals surface area contributed by atoms with E-state index in [2.05, 4.69) is 16.9 Å². The van der Waals surface area contributed by atoms with E-state index < -0.39 is 0 Å². The number of nitrogens with two attached hydrogens (primary N) is 1. The van der Waals surface area contributed by atoms with E-state index in [9.17, 15) is 0 Å². The monoisotopic (exact) mass is 163 g/mol. The maximum atomic E-state index is 5.85. The number of nitrogen functional groups attached to an aromatic ring is 1. The molecule has 0 saturated carbocycles. The number of aromatic nitrogens is 1. The fraction of sp³-hybridized carbons (Fsp3) is 0.444. The van der Waals surface area contributed by atoms with Gasteiger partial charge >= 0.3 is 0 Å². The summed E-state index contributed by atoms with van der Waals surface area (Å²) in [5.41, 5.74) is 8.97. The summed E-state index contributed by atoms with van der Waals surface area (Å²) in [5.74, 6) is 0. The highest BCUT2D eigenvalue weighted by Crippen LogP contribution is 2.29. The van der Waals surface area contributed by atoms with Crippen LogP contribution >= 0.6 is 0 Å². The molecule has 0 unspecified atom stereocenters. The third-order valence-corrected chi connectivity index (χ3v) is 2.32. The van der Waals surface area contributed by atoms with Crippen molar-refractivity contribution < 1.29 is 0 Å². The van der Waals surface area contributed by atoms with Gasteiger partial charge in [0.1, 0.15) is 0 Å². The lowest BCUT2D eigenvalue weighted by molar-refractivity contribution is 0.726. The molecule has 12 heavy (non-hydrogen) atoms. The summed E-state index contributed by atoms with van der Waals surface area (Å²) in [5, 5.41) is 0. The SMILES string of the molecule is CN1CCCc2nccc(N)c21. The average Bonchev–Trinajstić information content (AvgIpc) is 2.04. The molecule has 1 aromatic heterocycles. The second-order valence-corrected chi connectivity index (χ2v) is 3.22. The highest BCUT2D eigenvalue weighted by Gasteiger charge is 2.16. The molecule has 2 rings (SSSR count). The molecule has 0 aromatic carbocycles. The minimum Gasteiger partial charge on any atom is -0.397 e. The smallest absolute Gasteiger partial charge is 0.0816 e. The molecule has 2 heterocycles. The van der Waals surface area contributed by atoms with Crippen LogP contribution in [0.25, 0.3) is 0 Å². The molecule has 2 N–H and O–H groups in total. The summed E-state index contributed by atoms with van der Waals surface area (Å²) in [6, 6.07) is 1.86. The number of hydrogen-bond acceptors (Lipinski definition) is 3. The molecule has 0 amide bonds. The second-order valence-electron chi connectivity index (χ2n) is 3.22. The van der Waals surface area contributed by atoms with Gasteiger partial charge in [0.05, 0.1) is 17.1 Å². The predicted octanol–water partition coefficient (Wildman–Crippen LogP) is 1.05. The molecular formula is C9H13N3. The molecule has 1 aliphatic heterocycles.